The first kappa shape index (κ1) is 14.1. The molecule has 0 amide bonds. The lowest BCUT2D eigenvalue weighted by Crippen LogP contribution is -2.32. The van der Waals surface area contributed by atoms with Gasteiger partial charge >= 0.3 is 0 Å². The van der Waals surface area contributed by atoms with Gasteiger partial charge in [-0.25, -0.2) is 4.98 Å². The van der Waals surface area contributed by atoms with Gasteiger partial charge in [0.15, 0.2) is 11.2 Å². The molecule has 0 saturated heterocycles. The van der Waals surface area contributed by atoms with E-state index in [1.807, 2.05) is 0 Å². The van der Waals surface area contributed by atoms with Gasteiger partial charge < -0.3 is 15.4 Å². The summed E-state index contributed by atoms with van der Waals surface area (Å²) in [5.41, 5.74) is 0.736. The fraction of sp³-hybridized carbons (Fsp3) is 0.643. The molecule has 0 spiro atoms. The summed E-state index contributed by atoms with van der Waals surface area (Å²) < 4.78 is 1.47. The van der Waals surface area contributed by atoms with Crippen molar-refractivity contribution in [1.29, 1.82) is 0 Å². The molecule has 7 heteroatoms. The van der Waals surface area contributed by atoms with Crippen LogP contribution >= 0.6 is 0 Å². The third-order valence-corrected chi connectivity index (χ3v) is 4.06. The Morgan fingerprint density at radius 3 is 2.90 bits per heavy atom. The highest BCUT2D eigenvalue weighted by atomic mass is 16.3. The maximum absolute atomic E-state index is 12.4. The van der Waals surface area contributed by atoms with E-state index in [2.05, 4.69) is 27.2 Å². The smallest absolute Gasteiger partial charge is 0.280 e. The minimum absolute atomic E-state index is 0.0467. The first-order chi connectivity index (χ1) is 10.1. The molecular weight excluding hydrogens is 270 g/mol. The predicted octanol–water partition coefficient (Wildman–Crippen LogP) is 0.934. The van der Waals surface area contributed by atoms with Crippen molar-refractivity contribution >= 4 is 17.1 Å². The number of aromatic amines is 1. The molecule has 1 aliphatic carbocycles. The summed E-state index contributed by atoms with van der Waals surface area (Å²) in [5, 5.41) is 13.1. The number of fused-ring (bicyclic) bond motifs is 1. The maximum Gasteiger partial charge on any atom is 0.280 e. The van der Waals surface area contributed by atoms with Crippen LogP contribution in [0.25, 0.3) is 11.2 Å². The molecule has 1 aliphatic rings. The number of imidazole rings is 1. The fourth-order valence-corrected chi connectivity index (χ4v) is 2.84. The Kier molecular flexibility index (Phi) is 3.67. The number of H-pyrrole nitrogens is 1. The van der Waals surface area contributed by atoms with Crippen molar-refractivity contribution in [2.75, 3.05) is 5.32 Å². The second-order valence-electron chi connectivity index (χ2n) is 5.68. The number of hydrogen-bond donors (Lipinski definition) is 3. The Morgan fingerprint density at radius 1 is 1.43 bits per heavy atom. The Bertz CT molecular complexity index is 705. The van der Waals surface area contributed by atoms with Gasteiger partial charge in [-0.2, -0.15) is 4.98 Å². The van der Waals surface area contributed by atoms with Crippen LogP contribution in [0.1, 0.15) is 38.4 Å². The van der Waals surface area contributed by atoms with Gasteiger partial charge in [-0.1, -0.05) is 6.92 Å². The standard InChI is InChI=1S/C14H21N5O2/c1-3-5-10-16-11-12(17-10)18-14(19(2)13(11)21)15-8-6-4-7-9(8)20/h8-9,20H,3-7H2,1-2H3,(H,15,18)(H,16,17)/t8-,9-/m1/s1. The van der Waals surface area contributed by atoms with Gasteiger partial charge in [-0.05, 0) is 25.7 Å². The lowest BCUT2D eigenvalue weighted by atomic mass is 10.2. The molecule has 114 valence electrons. The summed E-state index contributed by atoms with van der Waals surface area (Å²) in [5.74, 6) is 1.25. The molecule has 1 fully saturated rings. The van der Waals surface area contributed by atoms with Gasteiger partial charge in [0.1, 0.15) is 5.82 Å². The Balaban J connectivity index is 1.98. The molecule has 2 aromatic rings. The van der Waals surface area contributed by atoms with Crippen LogP contribution in [-0.2, 0) is 13.5 Å². The number of nitrogens with one attached hydrogen (secondary N) is 2. The molecule has 2 aromatic heterocycles. The number of aryl methyl sites for hydroxylation is 1. The van der Waals surface area contributed by atoms with E-state index < -0.39 is 0 Å². The summed E-state index contributed by atoms with van der Waals surface area (Å²) in [6, 6.07) is -0.0467. The molecule has 0 bridgehead atoms. The van der Waals surface area contributed by atoms with Crippen LogP contribution in [0.3, 0.4) is 0 Å². The Labute approximate surface area is 122 Å². The van der Waals surface area contributed by atoms with E-state index in [9.17, 15) is 9.90 Å². The van der Waals surface area contributed by atoms with Gasteiger partial charge in [-0.15, -0.1) is 0 Å². The summed E-state index contributed by atoms with van der Waals surface area (Å²) in [4.78, 5) is 24.2. The third kappa shape index (κ3) is 2.53. The number of anilines is 1. The number of hydrogen-bond acceptors (Lipinski definition) is 5. The molecule has 1 saturated carbocycles. The minimum atomic E-state index is -0.382. The quantitative estimate of drug-likeness (QED) is 0.779. The topological polar surface area (TPSA) is 95.8 Å². The third-order valence-electron chi connectivity index (χ3n) is 4.06. The molecule has 0 aromatic carbocycles. The van der Waals surface area contributed by atoms with Crippen molar-refractivity contribution in [3.05, 3.63) is 16.2 Å². The van der Waals surface area contributed by atoms with E-state index in [1.54, 1.807) is 7.05 Å². The van der Waals surface area contributed by atoms with Crippen molar-refractivity contribution in [3.63, 3.8) is 0 Å². The van der Waals surface area contributed by atoms with E-state index in [4.69, 9.17) is 0 Å². The number of nitrogens with zero attached hydrogens (tertiary/aromatic N) is 3. The van der Waals surface area contributed by atoms with Crippen molar-refractivity contribution in [2.24, 2.45) is 7.05 Å². The maximum atomic E-state index is 12.4. The summed E-state index contributed by atoms with van der Waals surface area (Å²) in [6.07, 6.45) is 4.03. The summed E-state index contributed by atoms with van der Waals surface area (Å²) in [7, 11) is 1.68. The van der Waals surface area contributed by atoms with Gasteiger partial charge in [0.25, 0.3) is 5.56 Å². The van der Waals surface area contributed by atoms with Crippen LogP contribution in [0.2, 0.25) is 0 Å². The van der Waals surface area contributed by atoms with Gasteiger partial charge in [0.2, 0.25) is 5.95 Å². The van der Waals surface area contributed by atoms with Crippen molar-refractivity contribution in [2.45, 2.75) is 51.2 Å². The first-order valence-corrected chi connectivity index (χ1v) is 7.50. The van der Waals surface area contributed by atoms with Crippen LogP contribution in [0.4, 0.5) is 5.95 Å². The van der Waals surface area contributed by atoms with Crippen LogP contribution in [-0.4, -0.2) is 36.8 Å². The van der Waals surface area contributed by atoms with Crippen molar-refractivity contribution in [1.82, 2.24) is 19.5 Å². The number of aliphatic hydroxyl groups is 1. The molecule has 21 heavy (non-hydrogen) atoms. The predicted molar refractivity (Wildman–Crippen MR) is 80.4 cm³/mol. The zero-order valence-electron chi connectivity index (χ0n) is 12.4. The number of aromatic nitrogens is 4. The minimum Gasteiger partial charge on any atom is -0.391 e. The second-order valence-corrected chi connectivity index (χ2v) is 5.68. The molecule has 0 radical (unpaired) electrons. The molecule has 7 nitrogen and oxygen atoms in total. The van der Waals surface area contributed by atoms with Crippen molar-refractivity contribution < 1.29 is 5.11 Å². The van der Waals surface area contributed by atoms with Gasteiger partial charge in [0, 0.05) is 13.5 Å². The molecular formula is C14H21N5O2. The fourth-order valence-electron chi connectivity index (χ4n) is 2.84. The van der Waals surface area contributed by atoms with E-state index in [1.165, 1.54) is 4.57 Å². The van der Waals surface area contributed by atoms with Crippen LogP contribution in [0.15, 0.2) is 4.79 Å². The number of aliphatic hydroxyl groups excluding tert-OH is 1. The average Bonchev–Trinajstić information content (AvgIpc) is 3.03. The zero-order chi connectivity index (χ0) is 15.0. The van der Waals surface area contributed by atoms with E-state index in [0.29, 0.717) is 17.1 Å². The zero-order valence-corrected chi connectivity index (χ0v) is 12.4. The molecule has 0 unspecified atom stereocenters. The average molecular weight is 291 g/mol. The summed E-state index contributed by atoms with van der Waals surface area (Å²) >= 11 is 0. The van der Waals surface area contributed by atoms with Crippen LogP contribution in [0.5, 0.6) is 0 Å². The Morgan fingerprint density at radius 2 is 2.24 bits per heavy atom. The SMILES string of the molecule is CCCc1nc2nc(N[C@@H]3CCC[C@H]3O)n(C)c(=O)c2[nH]1. The van der Waals surface area contributed by atoms with E-state index in [-0.39, 0.29) is 17.7 Å². The van der Waals surface area contributed by atoms with E-state index >= 15 is 0 Å². The highest BCUT2D eigenvalue weighted by molar-refractivity contribution is 5.71. The van der Waals surface area contributed by atoms with Crippen LogP contribution in [0, 0.1) is 0 Å². The van der Waals surface area contributed by atoms with Gasteiger partial charge in [0.05, 0.1) is 12.1 Å². The lowest BCUT2D eigenvalue weighted by molar-refractivity contribution is 0.171. The molecule has 0 aliphatic heterocycles. The molecule has 3 N–H and O–H groups in total. The molecule has 2 heterocycles. The first-order valence-electron chi connectivity index (χ1n) is 7.50. The monoisotopic (exact) mass is 291 g/mol. The molecule has 3 rings (SSSR count). The van der Waals surface area contributed by atoms with Crippen molar-refractivity contribution in [3.8, 4) is 0 Å². The van der Waals surface area contributed by atoms with Crippen LogP contribution < -0.4 is 10.9 Å². The second kappa shape index (κ2) is 5.48. The van der Waals surface area contributed by atoms with E-state index in [0.717, 1.165) is 37.9 Å². The molecule has 2 atom stereocenters. The highest BCUT2D eigenvalue weighted by Crippen LogP contribution is 2.22. The summed E-state index contributed by atoms with van der Waals surface area (Å²) in [6.45, 7) is 2.06. The lowest BCUT2D eigenvalue weighted by Gasteiger charge is -2.18. The highest BCUT2D eigenvalue weighted by Gasteiger charge is 2.26. The number of rotatable bonds is 4. The normalized spacial score (nSPS) is 22.0. The Hall–Kier alpha value is -1.89. The largest absolute Gasteiger partial charge is 0.391 e. The van der Waals surface area contributed by atoms with Gasteiger partial charge in [-0.3, -0.25) is 9.36 Å².